The van der Waals surface area contributed by atoms with Gasteiger partial charge >= 0.3 is 0 Å². The summed E-state index contributed by atoms with van der Waals surface area (Å²) in [7, 11) is -3.50. The fraction of sp³-hybridized carbons (Fsp3) is 0.312. The molecule has 1 saturated heterocycles. The zero-order valence-electron chi connectivity index (χ0n) is 13.3. The monoisotopic (exact) mass is 402 g/mol. The highest BCUT2D eigenvalue weighted by Gasteiger charge is 2.27. The van der Waals surface area contributed by atoms with Crippen molar-refractivity contribution in [2.75, 3.05) is 31.6 Å². The summed E-state index contributed by atoms with van der Waals surface area (Å²) >= 11 is 12.0. The molecule has 6 nitrogen and oxygen atoms in total. The third-order valence-corrected chi connectivity index (χ3v) is 6.36. The second kappa shape index (κ2) is 7.88. The van der Waals surface area contributed by atoms with E-state index < -0.39 is 10.0 Å². The van der Waals surface area contributed by atoms with Gasteiger partial charge in [-0.1, -0.05) is 29.3 Å². The summed E-state index contributed by atoms with van der Waals surface area (Å²) < 4.78 is 31.7. The Morgan fingerprint density at radius 1 is 1.16 bits per heavy atom. The van der Waals surface area contributed by atoms with Gasteiger partial charge in [0, 0.05) is 34.8 Å². The number of nitrogens with one attached hydrogen (secondary N) is 2. The zero-order valence-corrected chi connectivity index (χ0v) is 15.7. The number of halogens is 2. The molecule has 1 aromatic carbocycles. The molecule has 0 spiro atoms. The third-order valence-electron chi connectivity index (χ3n) is 3.88. The van der Waals surface area contributed by atoms with Crippen LogP contribution in [-0.2, 0) is 21.3 Å². The maximum atomic E-state index is 12.6. The molecule has 3 rings (SSSR count). The standard InChI is InChI=1S/C16H17Cl2N3O3S/c17-13-2-1-12(15(18)9-13)10-19-16-4-3-14(11-20-16)25(22,23)21-5-7-24-8-6-21/h1-4,9,11H,5-8,10H2,(H,19,20)/p+1. The molecule has 2 N–H and O–H groups in total. The van der Waals surface area contributed by atoms with Crippen molar-refractivity contribution < 1.29 is 18.1 Å². The third kappa shape index (κ3) is 4.43. The number of hydrogen-bond acceptors (Lipinski definition) is 4. The van der Waals surface area contributed by atoms with E-state index in [-0.39, 0.29) is 4.90 Å². The van der Waals surface area contributed by atoms with Crippen LogP contribution in [0.2, 0.25) is 10.0 Å². The number of H-pyrrole nitrogens is 1. The summed E-state index contributed by atoms with van der Waals surface area (Å²) in [5.41, 5.74) is 0.893. The number of aromatic nitrogens is 1. The van der Waals surface area contributed by atoms with E-state index in [1.807, 2.05) is 6.07 Å². The van der Waals surface area contributed by atoms with Crippen LogP contribution < -0.4 is 10.3 Å². The van der Waals surface area contributed by atoms with E-state index in [1.165, 1.54) is 10.5 Å². The van der Waals surface area contributed by atoms with Crippen LogP contribution >= 0.6 is 23.2 Å². The smallest absolute Gasteiger partial charge is 0.272 e. The van der Waals surface area contributed by atoms with Crippen molar-refractivity contribution in [3.05, 3.63) is 52.1 Å². The van der Waals surface area contributed by atoms with E-state index in [0.717, 1.165) is 5.56 Å². The first-order valence-electron chi connectivity index (χ1n) is 7.74. The van der Waals surface area contributed by atoms with E-state index in [1.54, 1.807) is 24.3 Å². The van der Waals surface area contributed by atoms with Crippen molar-refractivity contribution in [3.63, 3.8) is 0 Å². The first kappa shape index (κ1) is 18.4. The fourth-order valence-electron chi connectivity index (χ4n) is 2.47. The maximum Gasteiger partial charge on any atom is 0.272 e. The number of benzene rings is 1. The molecule has 2 aromatic rings. The minimum Gasteiger partial charge on any atom is -0.379 e. The number of hydrogen-bond donors (Lipinski definition) is 1. The maximum absolute atomic E-state index is 12.6. The molecule has 0 aliphatic carbocycles. The van der Waals surface area contributed by atoms with E-state index in [4.69, 9.17) is 27.9 Å². The van der Waals surface area contributed by atoms with Gasteiger partial charge in [0.05, 0.1) is 13.2 Å². The Morgan fingerprint density at radius 3 is 2.56 bits per heavy atom. The number of pyridine rings is 1. The molecule has 9 heteroatoms. The molecule has 0 unspecified atom stereocenters. The van der Waals surface area contributed by atoms with Gasteiger partial charge in [0.2, 0.25) is 10.0 Å². The number of morpholine rings is 1. The van der Waals surface area contributed by atoms with E-state index >= 15 is 0 Å². The van der Waals surface area contributed by atoms with Crippen molar-refractivity contribution in [2.45, 2.75) is 11.4 Å². The Balaban J connectivity index is 1.67. The van der Waals surface area contributed by atoms with Crippen molar-refractivity contribution in [1.29, 1.82) is 0 Å². The number of nitrogens with zero attached hydrogens (tertiary/aromatic N) is 1. The molecule has 2 heterocycles. The number of rotatable bonds is 5. The van der Waals surface area contributed by atoms with E-state index in [0.29, 0.717) is 48.7 Å². The van der Waals surface area contributed by atoms with Gasteiger partial charge in [-0.25, -0.2) is 13.4 Å². The number of aromatic amines is 1. The van der Waals surface area contributed by atoms with E-state index in [2.05, 4.69) is 10.3 Å². The van der Waals surface area contributed by atoms with Gasteiger partial charge in [-0.05, 0) is 18.2 Å². The Bertz CT molecular complexity index is 838. The van der Waals surface area contributed by atoms with Gasteiger partial charge in [0.1, 0.15) is 17.6 Å². The zero-order chi connectivity index (χ0) is 17.9. The highest BCUT2D eigenvalue weighted by Crippen LogP contribution is 2.22. The van der Waals surface area contributed by atoms with Crippen LogP contribution in [0.15, 0.2) is 41.4 Å². The molecule has 1 fully saturated rings. The highest BCUT2D eigenvalue weighted by molar-refractivity contribution is 7.89. The van der Waals surface area contributed by atoms with Crippen molar-refractivity contribution >= 4 is 39.0 Å². The lowest BCUT2D eigenvalue weighted by molar-refractivity contribution is -0.364. The van der Waals surface area contributed by atoms with Crippen molar-refractivity contribution in [2.24, 2.45) is 0 Å². The molecule has 134 valence electrons. The van der Waals surface area contributed by atoms with Gasteiger partial charge in [-0.15, -0.1) is 0 Å². The molecule has 0 bridgehead atoms. The van der Waals surface area contributed by atoms with Crippen LogP contribution in [-0.4, -0.2) is 39.0 Å². The minimum absolute atomic E-state index is 0.226. The van der Waals surface area contributed by atoms with Crippen molar-refractivity contribution in [1.82, 2.24) is 4.31 Å². The summed E-state index contributed by atoms with van der Waals surface area (Å²) in [5.74, 6) is 0.687. The predicted octanol–water partition coefficient (Wildman–Crippen LogP) is 2.44. The van der Waals surface area contributed by atoms with E-state index in [9.17, 15) is 8.42 Å². The minimum atomic E-state index is -3.50. The largest absolute Gasteiger partial charge is 0.379 e. The Labute approximate surface area is 156 Å². The topological polar surface area (TPSA) is 72.8 Å². The molecule has 1 aromatic heterocycles. The SMILES string of the molecule is O=S(=O)(c1ccc(NCc2ccc(Cl)cc2Cl)[nH+]c1)N1CCOCC1. The molecule has 1 aliphatic heterocycles. The normalized spacial score (nSPS) is 15.9. The number of anilines is 1. The summed E-state index contributed by atoms with van der Waals surface area (Å²) in [6.45, 7) is 2.08. The Hall–Kier alpha value is -1.38. The Kier molecular flexibility index (Phi) is 5.81. The Morgan fingerprint density at radius 2 is 1.92 bits per heavy atom. The lowest BCUT2D eigenvalue weighted by Gasteiger charge is -2.25. The van der Waals surface area contributed by atoms with Crippen molar-refractivity contribution in [3.8, 4) is 0 Å². The molecule has 0 amide bonds. The molecule has 0 saturated carbocycles. The van der Waals surface area contributed by atoms with Crippen LogP contribution in [0, 0.1) is 0 Å². The summed E-state index contributed by atoms with van der Waals surface area (Å²) in [4.78, 5) is 3.19. The van der Waals surface area contributed by atoms with Crippen LogP contribution in [0.5, 0.6) is 0 Å². The first-order chi connectivity index (χ1) is 12.0. The molecular formula is C16H18Cl2N3O3S+. The van der Waals surface area contributed by atoms with Crippen LogP contribution in [0.4, 0.5) is 5.82 Å². The van der Waals surface area contributed by atoms with Gasteiger partial charge in [-0.3, -0.25) is 5.32 Å². The number of ether oxygens (including phenoxy) is 1. The number of sulfonamides is 1. The fourth-order valence-corrected chi connectivity index (χ4v) is 4.32. The highest BCUT2D eigenvalue weighted by atomic mass is 35.5. The second-order valence-corrected chi connectivity index (χ2v) is 8.33. The molecule has 25 heavy (non-hydrogen) atoms. The molecular weight excluding hydrogens is 385 g/mol. The first-order valence-corrected chi connectivity index (χ1v) is 9.94. The summed E-state index contributed by atoms with van der Waals surface area (Å²) in [5, 5.41) is 4.32. The average Bonchev–Trinajstić information content (AvgIpc) is 2.62. The summed E-state index contributed by atoms with van der Waals surface area (Å²) in [6.07, 6.45) is 1.48. The molecule has 1 aliphatic rings. The molecule has 0 atom stereocenters. The van der Waals surface area contributed by atoms with Gasteiger partial charge in [-0.2, -0.15) is 4.31 Å². The van der Waals surface area contributed by atoms with Gasteiger partial charge in [0.25, 0.3) is 5.82 Å². The quantitative estimate of drug-likeness (QED) is 0.833. The van der Waals surface area contributed by atoms with Crippen LogP contribution in [0.3, 0.4) is 0 Å². The van der Waals surface area contributed by atoms with Crippen LogP contribution in [0.25, 0.3) is 0 Å². The lowest BCUT2D eigenvalue weighted by Crippen LogP contribution is -2.40. The summed E-state index contributed by atoms with van der Waals surface area (Å²) in [6, 6.07) is 8.56. The second-order valence-electron chi connectivity index (χ2n) is 5.54. The van der Waals surface area contributed by atoms with Gasteiger partial charge < -0.3 is 4.74 Å². The average molecular weight is 403 g/mol. The van der Waals surface area contributed by atoms with Gasteiger partial charge in [0.15, 0.2) is 0 Å². The predicted molar refractivity (Wildman–Crippen MR) is 96.4 cm³/mol. The molecule has 0 radical (unpaired) electrons. The van der Waals surface area contributed by atoms with Crippen LogP contribution in [0.1, 0.15) is 5.56 Å². The lowest BCUT2D eigenvalue weighted by atomic mass is 10.2.